The number of hydrogen-bond acceptors (Lipinski definition) is 3. The quantitative estimate of drug-likeness (QED) is 0.603. The van der Waals surface area contributed by atoms with Crippen molar-refractivity contribution >= 4 is 34.2 Å². The molecule has 1 aromatic rings. The Kier molecular flexibility index (Phi) is 3.67. The molecule has 0 radical (unpaired) electrons. The molecule has 0 aliphatic carbocycles. The molecule has 0 bridgehead atoms. The van der Waals surface area contributed by atoms with E-state index < -0.39 is 28.9 Å². The minimum atomic E-state index is -4.81. The van der Waals surface area contributed by atoms with E-state index in [4.69, 9.17) is 21.8 Å². The van der Waals surface area contributed by atoms with Crippen molar-refractivity contribution in [3.8, 4) is 5.75 Å². The third-order valence-electron chi connectivity index (χ3n) is 1.51. The molecule has 0 aromatic carbocycles. The first kappa shape index (κ1) is 12.8. The zero-order valence-corrected chi connectivity index (χ0v) is 9.80. The normalized spacial score (nSPS) is 14.0. The fraction of sp³-hybridized carbons (Fsp3) is 0.286. The van der Waals surface area contributed by atoms with Gasteiger partial charge in [0.1, 0.15) is 0 Å². The smallest absolute Gasteiger partial charge is 0.420 e. The maximum atomic E-state index is 12.1. The predicted octanol–water partition coefficient (Wildman–Crippen LogP) is 2.64. The minimum Gasteiger partial charge on any atom is -0.504 e. The number of aromatic hydroxyl groups is 1. The summed E-state index contributed by atoms with van der Waals surface area (Å²) in [6.45, 7) is 0. The van der Waals surface area contributed by atoms with E-state index in [0.717, 1.165) is 6.07 Å². The molecular formula is C7H4ClF3INO2. The number of aromatic nitrogens is 1. The highest BCUT2D eigenvalue weighted by Crippen LogP contribution is 2.35. The second kappa shape index (κ2) is 4.30. The molecule has 1 aromatic heterocycles. The molecule has 0 amide bonds. The van der Waals surface area contributed by atoms with Crippen molar-refractivity contribution in [1.29, 1.82) is 0 Å². The van der Waals surface area contributed by atoms with Crippen LogP contribution in [-0.4, -0.2) is 21.4 Å². The molecule has 0 fully saturated rings. The van der Waals surface area contributed by atoms with Crippen LogP contribution in [0.5, 0.6) is 5.75 Å². The van der Waals surface area contributed by atoms with Crippen molar-refractivity contribution in [2.45, 2.75) is 12.3 Å². The highest BCUT2D eigenvalue weighted by Gasteiger charge is 2.40. The number of halogens is 5. The van der Waals surface area contributed by atoms with E-state index in [1.54, 1.807) is 22.6 Å². The van der Waals surface area contributed by atoms with Gasteiger partial charge in [0.15, 0.2) is 17.0 Å². The fourth-order valence-corrected chi connectivity index (χ4v) is 1.74. The van der Waals surface area contributed by atoms with Crippen LogP contribution in [0.1, 0.15) is 11.8 Å². The Balaban J connectivity index is 3.17. The van der Waals surface area contributed by atoms with Crippen molar-refractivity contribution in [2.75, 3.05) is 0 Å². The summed E-state index contributed by atoms with van der Waals surface area (Å²) in [5, 5.41) is 17.5. The van der Waals surface area contributed by atoms with Crippen LogP contribution < -0.4 is 0 Å². The Morgan fingerprint density at radius 2 is 2.00 bits per heavy atom. The van der Waals surface area contributed by atoms with E-state index in [-0.39, 0.29) is 3.57 Å². The van der Waals surface area contributed by atoms with Gasteiger partial charge >= 0.3 is 6.18 Å². The van der Waals surface area contributed by atoms with Crippen molar-refractivity contribution < 1.29 is 23.4 Å². The number of pyridine rings is 1. The van der Waals surface area contributed by atoms with Crippen LogP contribution in [0.25, 0.3) is 0 Å². The topological polar surface area (TPSA) is 53.4 Å². The van der Waals surface area contributed by atoms with Gasteiger partial charge < -0.3 is 10.2 Å². The molecule has 84 valence electrons. The van der Waals surface area contributed by atoms with E-state index in [2.05, 4.69) is 4.98 Å². The molecule has 0 spiro atoms. The summed E-state index contributed by atoms with van der Waals surface area (Å²) in [6.07, 6.45) is -7.51. The van der Waals surface area contributed by atoms with Gasteiger partial charge in [0.25, 0.3) is 0 Å². The fourth-order valence-electron chi connectivity index (χ4n) is 0.803. The molecule has 1 unspecified atom stereocenters. The Morgan fingerprint density at radius 1 is 1.47 bits per heavy atom. The lowest BCUT2D eigenvalue weighted by Gasteiger charge is -2.14. The summed E-state index contributed by atoms with van der Waals surface area (Å²) in [7, 11) is 0. The minimum absolute atomic E-state index is 0.0888. The van der Waals surface area contributed by atoms with Gasteiger partial charge in [0.05, 0.1) is 9.26 Å². The van der Waals surface area contributed by atoms with Gasteiger partial charge in [-0.05, 0) is 28.7 Å². The van der Waals surface area contributed by atoms with Crippen LogP contribution in [0.2, 0.25) is 5.15 Å². The molecule has 1 atom stereocenters. The van der Waals surface area contributed by atoms with Crippen LogP contribution in [-0.2, 0) is 0 Å². The first-order chi connectivity index (χ1) is 6.73. The van der Waals surface area contributed by atoms with Gasteiger partial charge in [-0.25, -0.2) is 4.98 Å². The lowest BCUT2D eigenvalue weighted by atomic mass is 10.2. The van der Waals surface area contributed by atoms with Gasteiger partial charge in [0, 0.05) is 0 Å². The zero-order valence-electron chi connectivity index (χ0n) is 6.89. The summed E-state index contributed by atoms with van der Waals surface area (Å²) in [5.74, 6) is -0.407. The first-order valence-corrected chi connectivity index (χ1v) is 4.99. The van der Waals surface area contributed by atoms with E-state index in [1.165, 1.54) is 0 Å². The van der Waals surface area contributed by atoms with Gasteiger partial charge in [-0.3, -0.25) is 0 Å². The highest BCUT2D eigenvalue weighted by molar-refractivity contribution is 14.1. The van der Waals surface area contributed by atoms with Crippen LogP contribution in [0, 0.1) is 3.57 Å². The first-order valence-electron chi connectivity index (χ1n) is 3.53. The van der Waals surface area contributed by atoms with E-state index in [9.17, 15) is 13.2 Å². The largest absolute Gasteiger partial charge is 0.504 e. The molecule has 15 heavy (non-hydrogen) atoms. The van der Waals surface area contributed by atoms with Crippen molar-refractivity contribution in [2.24, 2.45) is 0 Å². The van der Waals surface area contributed by atoms with Crippen LogP contribution in [0.15, 0.2) is 6.07 Å². The summed E-state index contributed by atoms with van der Waals surface area (Å²) < 4.78 is 36.4. The third-order valence-corrected chi connectivity index (χ3v) is 2.60. The van der Waals surface area contributed by atoms with Crippen molar-refractivity contribution in [3.63, 3.8) is 0 Å². The average Bonchev–Trinajstić information content (AvgIpc) is 2.10. The molecule has 0 saturated heterocycles. The van der Waals surface area contributed by atoms with Crippen LogP contribution >= 0.6 is 34.2 Å². The maximum absolute atomic E-state index is 12.1. The highest BCUT2D eigenvalue weighted by atomic mass is 127. The number of alkyl halides is 3. The third kappa shape index (κ3) is 2.85. The zero-order chi connectivity index (χ0) is 11.8. The van der Waals surface area contributed by atoms with E-state index >= 15 is 0 Å². The number of aliphatic hydroxyl groups excluding tert-OH is 1. The Morgan fingerprint density at radius 3 is 2.40 bits per heavy atom. The maximum Gasteiger partial charge on any atom is 0.420 e. The summed E-state index contributed by atoms with van der Waals surface area (Å²) in [6, 6.07) is 0.917. The molecule has 1 rings (SSSR count). The molecule has 0 saturated carbocycles. The molecule has 8 heteroatoms. The van der Waals surface area contributed by atoms with E-state index in [0.29, 0.717) is 0 Å². The lowest BCUT2D eigenvalue weighted by Crippen LogP contribution is -2.21. The Bertz CT molecular complexity index is 362. The molecule has 1 heterocycles. The van der Waals surface area contributed by atoms with Gasteiger partial charge in [-0.1, -0.05) is 11.6 Å². The van der Waals surface area contributed by atoms with Crippen molar-refractivity contribution in [3.05, 3.63) is 20.5 Å². The van der Waals surface area contributed by atoms with Gasteiger partial charge in [0.2, 0.25) is 0 Å². The van der Waals surface area contributed by atoms with Crippen molar-refractivity contribution in [1.82, 2.24) is 4.98 Å². The molecule has 0 aliphatic heterocycles. The standard InChI is InChI=1S/C7H4ClF3INO2/c8-6-4(14)2(12)1-3(13-6)5(15)7(9,10)11/h1,5,14-15H. The Labute approximate surface area is 101 Å². The van der Waals surface area contributed by atoms with Gasteiger partial charge in [-0.2, -0.15) is 13.2 Å². The SMILES string of the molecule is Oc1c(I)cc(C(O)C(F)(F)F)nc1Cl. The number of aliphatic hydroxyl groups is 1. The van der Waals surface area contributed by atoms with Crippen LogP contribution in [0.3, 0.4) is 0 Å². The van der Waals surface area contributed by atoms with Gasteiger partial charge in [-0.15, -0.1) is 0 Å². The number of hydrogen-bond donors (Lipinski definition) is 2. The second-order valence-corrected chi connectivity index (χ2v) is 4.13. The Hall–Kier alpha value is -0.280. The molecule has 2 N–H and O–H groups in total. The molecular weight excluding hydrogens is 349 g/mol. The molecule has 0 aliphatic rings. The van der Waals surface area contributed by atoms with E-state index in [1.807, 2.05) is 0 Å². The number of rotatable bonds is 1. The second-order valence-electron chi connectivity index (χ2n) is 2.61. The number of nitrogens with zero attached hydrogens (tertiary/aromatic N) is 1. The lowest BCUT2D eigenvalue weighted by molar-refractivity contribution is -0.208. The average molecular weight is 353 g/mol. The summed E-state index contributed by atoms with van der Waals surface area (Å²) in [5.41, 5.74) is -0.644. The summed E-state index contributed by atoms with van der Waals surface area (Å²) >= 11 is 6.95. The van der Waals surface area contributed by atoms with Crippen LogP contribution in [0.4, 0.5) is 13.2 Å². The summed E-state index contributed by atoms with van der Waals surface area (Å²) in [4.78, 5) is 3.24. The monoisotopic (exact) mass is 353 g/mol. The predicted molar refractivity (Wildman–Crippen MR) is 54.6 cm³/mol. The molecule has 3 nitrogen and oxygen atoms in total.